The Morgan fingerprint density at radius 3 is 1.93 bits per heavy atom. The van der Waals surface area contributed by atoms with Crippen LogP contribution in [0.4, 0.5) is 17.1 Å². The lowest BCUT2D eigenvalue weighted by atomic mass is 10.1. The van der Waals surface area contributed by atoms with Crippen LogP contribution in [0.1, 0.15) is 18.9 Å². The monoisotopic (exact) mass is 380 g/mol. The number of benzene rings is 3. The minimum Gasteiger partial charge on any atom is -0.337 e. The summed E-state index contributed by atoms with van der Waals surface area (Å²) in [7, 11) is -3.28. The van der Waals surface area contributed by atoms with Crippen LogP contribution in [-0.4, -0.2) is 14.2 Å². The number of sulfonamides is 1. The molecule has 0 atom stereocenters. The maximum absolute atomic E-state index is 12.0. The molecule has 4 nitrogen and oxygen atoms in total. The van der Waals surface area contributed by atoms with Gasteiger partial charge in [0, 0.05) is 23.6 Å². The molecule has 0 saturated carbocycles. The van der Waals surface area contributed by atoms with Crippen LogP contribution in [0.15, 0.2) is 84.9 Å². The molecule has 3 rings (SSSR count). The van der Waals surface area contributed by atoms with Crippen molar-refractivity contribution < 1.29 is 8.42 Å². The Kier molecular flexibility index (Phi) is 6.14. The number of hydrogen-bond acceptors (Lipinski definition) is 3. The summed E-state index contributed by atoms with van der Waals surface area (Å²) in [5.74, 6) is 0.124. The number of para-hydroxylation sites is 1. The fourth-order valence-electron chi connectivity index (χ4n) is 2.91. The molecular formula is C22H24N2O2S. The van der Waals surface area contributed by atoms with Gasteiger partial charge in [0.15, 0.2) is 0 Å². The van der Waals surface area contributed by atoms with Crippen LogP contribution >= 0.6 is 0 Å². The second-order valence-corrected chi connectivity index (χ2v) is 8.22. The maximum Gasteiger partial charge on any atom is 0.232 e. The molecule has 0 aliphatic heterocycles. The third kappa shape index (κ3) is 5.34. The summed E-state index contributed by atoms with van der Waals surface area (Å²) in [6, 6.07) is 27.9. The SMILES string of the molecule is CCCS(=O)(=O)Nc1ccc(N(Cc2ccccc2)c2ccccc2)cc1. The van der Waals surface area contributed by atoms with Gasteiger partial charge in [-0.05, 0) is 48.4 Å². The zero-order valence-electron chi connectivity index (χ0n) is 15.4. The van der Waals surface area contributed by atoms with Crippen molar-refractivity contribution in [3.63, 3.8) is 0 Å². The molecule has 1 N–H and O–H groups in total. The molecule has 0 amide bonds. The van der Waals surface area contributed by atoms with Crippen molar-refractivity contribution in [2.24, 2.45) is 0 Å². The van der Waals surface area contributed by atoms with E-state index in [1.807, 2.05) is 67.6 Å². The molecule has 0 heterocycles. The van der Waals surface area contributed by atoms with Crippen molar-refractivity contribution in [1.29, 1.82) is 0 Å². The van der Waals surface area contributed by atoms with E-state index >= 15 is 0 Å². The van der Waals surface area contributed by atoms with E-state index in [1.165, 1.54) is 5.56 Å². The first-order valence-electron chi connectivity index (χ1n) is 9.04. The normalized spacial score (nSPS) is 11.1. The summed E-state index contributed by atoms with van der Waals surface area (Å²) in [6.07, 6.45) is 0.590. The average Bonchev–Trinajstić information content (AvgIpc) is 2.68. The standard InChI is InChI=1S/C22H24N2O2S/c1-2-17-27(25,26)23-20-13-15-22(16-14-20)24(21-11-7-4-8-12-21)18-19-9-5-3-6-10-19/h3-16,23H,2,17-18H2,1H3. The summed E-state index contributed by atoms with van der Waals surface area (Å²) < 4.78 is 26.5. The van der Waals surface area contributed by atoms with Crippen LogP contribution in [0.25, 0.3) is 0 Å². The predicted molar refractivity (Wildman–Crippen MR) is 113 cm³/mol. The molecule has 3 aromatic rings. The molecule has 0 fully saturated rings. The summed E-state index contributed by atoms with van der Waals surface area (Å²) in [5, 5.41) is 0. The van der Waals surface area contributed by atoms with Crippen molar-refractivity contribution in [3.05, 3.63) is 90.5 Å². The highest BCUT2D eigenvalue weighted by molar-refractivity contribution is 7.92. The lowest BCUT2D eigenvalue weighted by molar-refractivity contribution is 0.600. The largest absolute Gasteiger partial charge is 0.337 e. The van der Waals surface area contributed by atoms with Gasteiger partial charge in [0.1, 0.15) is 0 Å². The highest BCUT2D eigenvalue weighted by atomic mass is 32.2. The topological polar surface area (TPSA) is 49.4 Å². The van der Waals surface area contributed by atoms with E-state index in [-0.39, 0.29) is 5.75 Å². The first kappa shape index (κ1) is 19.0. The van der Waals surface area contributed by atoms with Gasteiger partial charge in [0.2, 0.25) is 10.0 Å². The van der Waals surface area contributed by atoms with Gasteiger partial charge in [-0.2, -0.15) is 0 Å². The molecule has 0 aliphatic rings. The van der Waals surface area contributed by atoms with Gasteiger partial charge in [0.25, 0.3) is 0 Å². The number of rotatable bonds is 8. The summed E-state index contributed by atoms with van der Waals surface area (Å²) >= 11 is 0. The summed E-state index contributed by atoms with van der Waals surface area (Å²) in [4.78, 5) is 2.21. The van der Waals surface area contributed by atoms with E-state index in [4.69, 9.17) is 0 Å². The zero-order valence-corrected chi connectivity index (χ0v) is 16.2. The lowest BCUT2D eigenvalue weighted by Crippen LogP contribution is -2.17. The van der Waals surface area contributed by atoms with Gasteiger partial charge < -0.3 is 4.90 Å². The quantitative estimate of drug-likeness (QED) is 0.586. The fourth-order valence-corrected chi connectivity index (χ4v) is 4.05. The van der Waals surface area contributed by atoms with Crippen LogP contribution in [0.3, 0.4) is 0 Å². The molecule has 27 heavy (non-hydrogen) atoms. The van der Waals surface area contributed by atoms with Crippen LogP contribution in [0.5, 0.6) is 0 Å². The Morgan fingerprint density at radius 1 is 0.778 bits per heavy atom. The molecular weight excluding hydrogens is 356 g/mol. The van der Waals surface area contributed by atoms with Crippen LogP contribution in [0, 0.1) is 0 Å². The average molecular weight is 381 g/mol. The molecule has 0 saturated heterocycles. The van der Waals surface area contributed by atoms with Crippen molar-refractivity contribution >= 4 is 27.1 Å². The molecule has 0 spiro atoms. The van der Waals surface area contributed by atoms with E-state index in [0.29, 0.717) is 12.1 Å². The van der Waals surface area contributed by atoms with Gasteiger partial charge in [-0.1, -0.05) is 55.5 Å². The Morgan fingerprint density at radius 2 is 1.33 bits per heavy atom. The van der Waals surface area contributed by atoms with Gasteiger partial charge in [0.05, 0.1) is 5.75 Å². The maximum atomic E-state index is 12.0. The van der Waals surface area contributed by atoms with Gasteiger partial charge in [-0.25, -0.2) is 8.42 Å². The first-order chi connectivity index (χ1) is 13.1. The van der Waals surface area contributed by atoms with Gasteiger partial charge in [-0.15, -0.1) is 0 Å². The smallest absolute Gasteiger partial charge is 0.232 e. The Hall–Kier alpha value is -2.79. The van der Waals surface area contributed by atoms with Crippen LogP contribution in [-0.2, 0) is 16.6 Å². The molecule has 3 aromatic carbocycles. The molecule has 0 bridgehead atoms. The van der Waals surface area contributed by atoms with Crippen LogP contribution < -0.4 is 9.62 Å². The second kappa shape index (κ2) is 8.73. The van der Waals surface area contributed by atoms with Crippen molar-refractivity contribution in [3.8, 4) is 0 Å². The van der Waals surface area contributed by atoms with E-state index in [9.17, 15) is 8.42 Å². The highest BCUT2D eigenvalue weighted by Crippen LogP contribution is 2.28. The molecule has 140 valence electrons. The Bertz CT molecular complexity index is 941. The number of nitrogens with one attached hydrogen (secondary N) is 1. The fraction of sp³-hybridized carbons (Fsp3) is 0.182. The summed E-state index contributed by atoms with van der Waals surface area (Å²) in [6.45, 7) is 2.58. The minimum atomic E-state index is -3.28. The molecule has 0 unspecified atom stereocenters. The second-order valence-electron chi connectivity index (χ2n) is 6.38. The lowest BCUT2D eigenvalue weighted by Gasteiger charge is -2.25. The number of nitrogens with zero attached hydrogens (tertiary/aromatic N) is 1. The van der Waals surface area contributed by atoms with E-state index in [2.05, 4.69) is 33.9 Å². The third-order valence-corrected chi connectivity index (χ3v) is 5.67. The molecule has 0 radical (unpaired) electrons. The van der Waals surface area contributed by atoms with E-state index < -0.39 is 10.0 Å². The van der Waals surface area contributed by atoms with Crippen molar-refractivity contribution in [2.75, 3.05) is 15.4 Å². The molecule has 5 heteroatoms. The van der Waals surface area contributed by atoms with Crippen LogP contribution in [0.2, 0.25) is 0 Å². The van der Waals surface area contributed by atoms with Gasteiger partial charge >= 0.3 is 0 Å². The third-order valence-electron chi connectivity index (χ3n) is 4.18. The minimum absolute atomic E-state index is 0.124. The Labute approximate surface area is 161 Å². The highest BCUT2D eigenvalue weighted by Gasteiger charge is 2.12. The van der Waals surface area contributed by atoms with E-state index in [1.54, 1.807) is 0 Å². The zero-order chi connectivity index (χ0) is 19.1. The number of hydrogen-bond donors (Lipinski definition) is 1. The summed E-state index contributed by atoms with van der Waals surface area (Å²) in [5.41, 5.74) is 3.87. The number of anilines is 3. The van der Waals surface area contributed by atoms with Gasteiger partial charge in [-0.3, -0.25) is 4.72 Å². The predicted octanol–water partition coefficient (Wildman–Crippen LogP) is 5.18. The van der Waals surface area contributed by atoms with Crippen molar-refractivity contribution in [1.82, 2.24) is 0 Å². The molecule has 0 aromatic heterocycles. The Balaban J connectivity index is 1.86. The van der Waals surface area contributed by atoms with Crippen molar-refractivity contribution in [2.45, 2.75) is 19.9 Å². The molecule has 0 aliphatic carbocycles. The first-order valence-corrected chi connectivity index (χ1v) is 10.7. The van der Waals surface area contributed by atoms with E-state index in [0.717, 1.165) is 17.9 Å².